The molecule has 0 fully saturated rings. The van der Waals surface area contributed by atoms with Crippen molar-refractivity contribution < 1.29 is 4.39 Å². The third-order valence-corrected chi connectivity index (χ3v) is 3.16. The zero-order valence-electron chi connectivity index (χ0n) is 11.4. The minimum absolute atomic E-state index is 0.00802. The van der Waals surface area contributed by atoms with Crippen LogP contribution in [0, 0.1) is 5.82 Å². The highest BCUT2D eigenvalue weighted by molar-refractivity contribution is 6.28. The fraction of sp³-hybridized carbons (Fsp3) is 0.286. The zero-order valence-corrected chi connectivity index (χ0v) is 12.2. The van der Waals surface area contributed by atoms with Crippen molar-refractivity contribution in [2.45, 2.75) is 13.8 Å². The quantitative estimate of drug-likeness (QED) is 0.850. The summed E-state index contributed by atoms with van der Waals surface area (Å²) < 4.78 is 13.5. The molecule has 6 heteroatoms. The van der Waals surface area contributed by atoms with Crippen LogP contribution in [0.3, 0.4) is 0 Å². The van der Waals surface area contributed by atoms with E-state index in [0.717, 1.165) is 30.7 Å². The van der Waals surface area contributed by atoms with Gasteiger partial charge in [-0.05, 0) is 49.7 Å². The second kappa shape index (κ2) is 6.52. The van der Waals surface area contributed by atoms with Gasteiger partial charge in [0, 0.05) is 24.5 Å². The third-order valence-electron chi connectivity index (χ3n) is 2.97. The minimum Gasteiger partial charge on any atom is -0.372 e. The SMILES string of the molecule is CCN(CC)c1ccc(Nc2nc(Cl)ncc2F)cc1. The van der Waals surface area contributed by atoms with Gasteiger partial charge in [-0.15, -0.1) is 0 Å². The smallest absolute Gasteiger partial charge is 0.224 e. The molecule has 106 valence electrons. The zero-order chi connectivity index (χ0) is 14.5. The molecule has 0 saturated carbocycles. The van der Waals surface area contributed by atoms with E-state index >= 15 is 0 Å². The van der Waals surface area contributed by atoms with Crippen LogP contribution < -0.4 is 10.2 Å². The maximum atomic E-state index is 13.5. The largest absolute Gasteiger partial charge is 0.372 e. The Hall–Kier alpha value is -1.88. The van der Waals surface area contributed by atoms with Gasteiger partial charge >= 0.3 is 0 Å². The number of anilines is 3. The first-order valence-electron chi connectivity index (χ1n) is 6.44. The summed E-state index contributed by atoms with van der Waals surface area (Å²) in [5.74, 6) is -0.470. The van der Waals surface area contributed by atoms with E-state index in [0.29, 0.717) is 0 Å². The summed E-state index contributed by atoms with van der Waals surface area (Å²) in [6.45, 7) is 6.10. The molecule has 20 heavy (non-hydrogen) atoms. The average molecular weight is 295 g/mol. The molecule has 1 aromatic carbocycles. The van der Waals surface area contributed by atoms with Crippen LogP contribution in [0.25, 0.3) is 0 Å². The Kier molecular flexibility index (Phi) is 4.74. The summed E-state index contributed by atoms with van der Waals surface area (Å²) >= 11 is 5.65. The fourth-order valence-corrected chi connectivity index (χ4v) is 2.05. The molecule has 0 spiro atoms. The number of aromatic nitrogens is 2. The lowest BCUT2D eigenvalue weighted by Gasteiger charge is -2.21. The van der Waals surface area contributed by atoms with Gasteiger partial charge in [-0.3, -0.25) is 0 Å². The fourth-order valence-electron chi connectivity index (χ4n) is 1.91. The van der Waals surface area contributed by atoms with Crippen molar-refractivity contribution in [1.82, 2.24) is 9.97 Å². The molecule has 2 rings (SSSR count). The van der Waals surface area contributed by atoms with Crippen LogP contribution in [0.2, 0.25) is 5.28 Å². The van der Waals surface area contributed by atoms with Crippen molar-refractivity contribution in [3.8, 4) is 0 Å². The molecule has 2 aromatic rings. The molecule has 0 aliphatic carbocycles. The van der Waals surface area contributed by atoms with Gasteiger partial charge in [0.05, 0.1) is 6.20 Å². The Balaban J connectivity index is 2.16. The van der Waals surface area contributed by atoms with Crippen LogP contribution in [0.5, 0.6) is 0 Å². The van der Waals surface area contributed by atoms with Crippen molar-refractivity contribution in [3.63, 3.8) is 0 Å². The number of hydrogen-bond acceptors (Lipinski definition) is 4. The molecule has 0 atom stereocenters. The van der Waals surface area contributed by atoms with Crippen molar-refractivity contribution in [3.05, 3.63) is 41.6 Å². The van der Waals surface area contributed by atoms with Crippen LogP contribution >= 0.6 is 11.6 Å². The highest BCUT2D eigenvalue weighted by atomic mass is 35.5. The highest BCUT2D eigenvalue weighted by Crippen LogP contribution is 2.22. The molecule has 1 heterocycles. The van der Waals surface area contributed by atoms with Gasteiger partial charge < -0.3 is 10.2 Å². The lowest BCUT2D eigenvalue weighted by atomic mass is 10.2. The lowest BCUT2D eigenvalue weighted by molar-refractivity contribution is 0.619. The molecule has 0 unspecified atom stereocenters. The van der Waals surface area contributed by atoms with Gasteiger partial charge in [0.2, 0.25) is 5.28 Å². The number of nitrogens with zero attached hydrogens (tertiary/aromatic N) is 3. The maximum Gasteiger partial charge on any atom is 0.224 e. The Labute approximate surface area is 122 Å². The topological polar surface area (TPSA) is 41.0 Å². The summed E-state index contributed by atoms with van der Waals surface area (Å²) in [7, 11) is 0. The lowest BCUT2D eigenvalue weighted by Crippen LogP contribution is -2.21. The highest BCUT2D eigenvalue weighted by Gasteiger charge is 2.07. The molecule has 1 N–H and O–H groups in total. The Morgan fingerprint density at radius 3 is 2.45 bits per heavy atom. The van der Waals surface area contributed by atoms with E-state index in [9.17, 15) is 4.39 Å². The molecular weight excluding hydrogens is 279 g/mol. The molecular formula is C14H16ClFN4. The number of rotatable bonds is 5. The normalized spacial score (nSPS) is 10.4. The van der Waals surface area contributed by atoms with E-state index in [2.05, 4.69) is 34.0 Å². The molecule has 0 aliphatic heterocycles. The van der Waals surface area contributed by atoms with E-state index in [-0.39, 0.29) is 11.1 Å². The van der Waals surface area contributed by atoms with Crippen LogP contribution in [-0.2, 0) is 0 Å². The van der Waals surface area contributed by atoms with Gasteiger partial charge in [0.25, 0.3) is 0 Å². The Morgan fingerprint density at radius 1 is 1.20 bits per heavy atom. The number of benzene rings is 1. The van der Waals surface area contributed by atoms with Gasteiger partial charge in [-0.25, -0.2) is 9.37 Å². The van der Waals surface area contributed by atoms with Gasteiger partial charge in [-0.2, -0.15) is 4.98 Å². The molecule has 0 saturated heterocycles. The predicted molar refractivity (Wildman–Crippen MR) is 80.3 cm³/mol. The summed E-state index contributed by atoms with van der Waals surface area (Å²) in [6, 6.07) is 7.72. The first-order valence-corrected chi connectivity index (χ1v) is 6.82. The second-order valence-corrected chi connectivity index (χ2v) is 4.52. The standard InChI is InChI=1S/C14H16ClFN4/c1-3-20(4-2)11-7-5-10(6-8-11)18-13-12(16)9-17-14(15)19-13/h5-9H,3-4H2,1-2H3,(H,17,18,19). The third kappa shape index (κ3) is 3.36. The number of nitrogens with one attached hydrogen (secondary N) is 1. The van der Waals surface area contributed by atoms with E-state index < -0.39 is 5.82 Å². The second-order valence-electron chi connectivity index (χ2n) is 4.18. The van der Waals surface area contributed by atoms with Gasteiger partial charge in [-0.1, -0.05) is 0 Å². The van der Waals surface area contributed by atoms with Crippen LogP contribution in [0.4, 0.5) is 21.6 Å². The Morgan fingerprint density at radius 2 is 1.85 bits per heavy atom. The first-order chi connectivity index (χ1) is 9.63. The minimum atomic E-state index is -0.540. The van der Waals surface area contributed by atoms with Crippen LogP contribution in [-0.4, -0.2) is 23.1 Å². The van der Waals surface area contributed by atoms with E-state index in [4.69, 9.17) is 11.6 Å². The summed E-state index contributed by atoms with van der Waals surface area (Å²) in [4.78, 5) is 9.62. The molecule has 0 radical (unpaired) electrons. The predicted octanol–water partition coefficient (Wildman–Crippen LogP) is 3.86. The van der Waals surface area contributed by atoms with E-state index in [1.54, 1.807) is 0 Å². The summed E-state index contributed by atoms with van der Waals surface area (Å²) in [5.41, 5.74) is 1.87. The first kappa shape index (κ1) is 14.5. The van der Waals surface area contributed by atoms with Crippen molar-refractivity contribution >= 4 is 28.8 Å². The molecule has 0 aliphatic rings. The molecule has 4 nitrogen and oxygen atoms in total. The van der Waals surface area contributed by atoms with Gasteiger partial charge in [0.1, 0.15) is 0 Å². The summed E-state index contributed by atoms with van der Waals surface area (Å²) in [5, 5.41) is 2.89. The monoisotopic (exact) mass is 294 g/mol. The van der Waals surface area contributed by atoms with Crippen LogP contribution in [0.1, 0.15) is 13.8 Å². The number of hydrogen-bond donors (Lipinski definition) is 1. The molecule has 1 aromatic heterocycles. The molecule has 0 bridgehead atoms. The molecule has 0 amide bonds. The maximum absolute atomic E-state index is 13.5. The van der Waals surface area contributed by atoms with Crippen LogP contribution in [0.15, 0.2) is 30.5 Å². The number of halogens is 2. The van der Waals surface area contributed by atoms with E-state index in [1.807, 2.05) is 24.3 Å². The van der Waals surface area contributed by atoms with Crippen molar-refractivity contribution in [2.75, 3.05) is 23.3 Å². The van der Waals surface area contributed by atoms with E-state index in [1.165, 1.54) is 0 Å². The van der Waals surface area contributed by atoms with Gasteiger partial charge in [0.15, 0.2) is 11.6 Å². The van der Waals surface area contributed by atoms with Crippen molar-refractivity contribution in [2.24, 2.45) is 0 Å². The van der Waals surface area contributed by atoms with Crippen molar-refractivity contribution in [1.29, 1.82) is 0 Å². The average Bonchev–Trinajstić information content (AvgIpc) is 2.46. The Bertz CT molecular complexity index is 570. The summed E-state index contributed by atoms with van der Waals surface area (Å²) in [6.07, 6.45) is 1.04.